The van der Waals surface area contributed by atoms with E-state index in [4.69, 9.17) is 23.7 Å². The molecular formula is C102H103F5O16S4. The van der Waals surface area contributed by atoms with E-state index < -0.39 is 67.8 Å². The molecule has 5 fully saturated rings. The van der Waals surface area contributed by atoms with Crippen LogP contribution in [0.2, 0.25) is 0 Å². The van der Waals surface area contributed by atoms with Crippen LogP contribution in [-0.4, -0.2) is 104 Å². The predicted molar refractivity (Wildman–Crippen MR) is 472 cm³/mol. The molecule has 16 nitrogen and oxygen atoms in total. The SMILES string of the molecule is Cc1cc([S+](c2ccccc2)c2ccccc2)cc(C)c1OCC(=O)OC1(C)C2CC3CC(C2)CC1C3.Cc1cc([S+](c2ccccc2)c2ccccc2)cc(C)c1OCC(=O)OC1(C)CCCCC1.O=C(OCC1CC2c3ccccc3C1c1ccccc12)C(F)(F)S(=O)(=O)[O-].O=C(OCCC(F)C(F)(F)S(=O)(=O)[O-])C1CC2c3ccccc3C1c1ccccc12. The molecule has 8 bridgehead atoms. The molecule has 0 saturated heterocycles. The number of halogens is 5. The molecule has 0 amide bonds. The molecule has 0 aromatic heterocycles. The van der Waals surface area contributed by atoms with Gasteiger partial charge in [-0.2, -0.15) is 17.6 Å². The molecule has 666 valence electrons. The van der Waals surface area contributed by atoms with Gasteiger partial charge in [0.25, 0.3) is 0 Å². The highest BCUT2D eigenvalue weighted by Crippen LogP contribution is 2.61. The van der Waals surface area contributed by atoms with Gasteiger partial charge in [-0.25, -0.2) is 35.6 Å². The summed E-state index contributed by atoms with van der Waals surface area (Å²) in [4.78, 5) is 57.4. The third-order valence-corrected chi connectivity index (χ3v) is 32.7. The van der Waals surface area contributed by atoms with E-state index in [1.54, 1.807) is 0 Å². The highest BCUT2D eigenvalue weighted by atomic mass is 32.2. The summed E-state index contributed by atoms with van der Waals surface area (Å²) in [7, 11) is -12.7. The smallest absolute Gasteiger partial charge is 0.428 e. The third kappa shape index (κ3) is 19.6. The van der Waals surface area contributed by atoms with Crippen molar-refractivity contribution in [2.75, 3.05) is 26.4 Å². The fourth-order valence-electron chi connectivity index (χ4n) is 20.9. The summed E-state index contributed by atoms with van der Waals surface area (Å²) in [6.07, 6.45) is 8.35. The van der Waals surface area contributed by atoms with Crippen molar-refractivity contribution in [1.82, 2.24) is 0 Å². The summed E-state index contributed by atoms with van der Waals surface area (Å²) in [5.41, 5.74) is 12.2. The summed E-state index contributed by atoms with van der Waals surface area (Å²) >= 11 is 0. The van der Waals surface area contributed by atoms with Gasteiger partial charge in [0.2, 0.25) is 0 Å². The van der Waals surface area contributed by atoms with Crippen molar-refractivity contribution >= 4 is 65.9 Å². The number of benzene rings is 10. The molecule has 10 aromatic rings. The van der Waals surface area contributed by atoms with E-state index in [2.05, 4.69) is 185 Å². The minimum Gasteiger partial charge on any atom is -0.743 e. The van der Waals surface area contributed by atoms with E-state index in [1.807, 2.05) is 104 Å². The Kier molecular flexibility index (Phi) is 27.6. The summed E-state index contributed by atoms with van der Waals surface area (Å²) in [5.74, 6) is -0.405. The van der Waals surface area contributed by atoms with Crippen LogP contribution in [0.15, 0.2) is 272 Å². The van der Waals surface area contributed by atoms with Crippen molar-refractivity contribution in [1.29, 1.82) is 0 Å². The van der Waals surface area contributed by atoms with Crippen molar-refractivity contribution in [3.05, 3.63) is 309 Å². The van der Waals surface area contributed by atoms with Crippen molar-refractivity contribution in [3.63, 3.8) is 0 Å². The second kappa shape index (κ2) is 38.3. The number of hydrogen-bond donors (Lipinski definition) is 0. The van der Waals surface area contributed by atoms with E-state index in [-0.39, 0.29) is 94.3 Å². The largest absolute Gasteiger partial charge is 0.743 e. The van der Waals surface area contributed by atoms with Gasteiger partial charge in [-0.05, 0) is 251 Å². The molecule has 3 unspecified atom stereocenters. The Morgan fingerprint density at radius 3 is 1.17 bits per heavy atom. The minimum atomic E-state index is -6.15. The summed E-state index contributed by atoms with van der Waals surface area (Å²) in [6, 6.07) is 82.6. The van der Waals surface area contributed by atoms with Gasteiger partial charge in [-0.15, -0.1) is 0 Å². The summed E-state index contributed by atoms with van der Waals surface area (Å²) in [5, 5.41) is -10.2. The number of rotatable bonds is 24. The zero-order chi connectivity index (χ0) is 89.9. The zero-order valence-electron chi connectivity index (χ0n) is 71.5. The lowest BCUT2D eigenvalue weighted by molar-refractivity contribution is -0.204. The van der Waals surface area contributed by atoms with Crippen molar-refractivity contribution in [2.24, 2.45) is 35.5 Å². The number of carbonyl (C=O) groups excluding carboxylic acids is 4. The van der Waals surface area contributed by atoms with E-state index in [0.717, 1.165) is 116 Å². The van der Waals surface area contributed by atoms with Crippen LogP contribution in [0.5, 0.6) is 11.5 Å². The standard InChI is InChI=1S/C33H37O3S.C29H33O3S.C21H19F3O5S.C19H16F2O5S/c1-22-14-30(37(28-10-6-4-7-11-28)29-12-8-5-9-13-29)15-23(2)32(22)35-21-31(34)36-33(3)26-17-24-16-25(19-26)20-27(33)18-24;1-22-19-26(33(24-13-7-4-8-14-24)25-15-9-5-10-16-25)20-23(2)28(22)31-21-27(30)32-29(3)17-11-6-12-18-29;22-18(21(23,24)30(26,27)28)9-10-29-20(25)17-11-16-12-5-1-3-7-14(12)19(17)15-8-4-2-6-13(15)16;20-19(21,27(23,24)25)18(22)26-10-11-9-16-12-5-1-3-7-14(12)17(11)15-8-4-2-6-13(15)16/h4-15,24-27H,16-21H2,1-3H3;4-5,7-10,13-16,19-20H,6,11-12,17-18,21H2,1-3H3;1-8,16-19H,9-11H2,(H,26,27,28);1-8,11,16-17H,9-10H2,(H,23,24,25)/q2*+1;;/p-2. The molecule has 0 heterocycles. The van der Waals surface area contributed by atoms with E-state index in [9.17, 15) is 67.1 Å². The lowest BCUT2D eigenvalue weighted by Crippen LogP contribution is -2.58. The van der Waals surface area contributed by atoms with Crippen LogP contribution in [0, 0.1) is 63.2 Å². The van der Waals surface area contributed by atoms with Gasteiger partial charge in [0, 0.05) is 60.3 Å². The van der Waals surface area contributed by atoms with Crippen LogP contribution < -0.4 is 9.47 Å². The highest BCUT2D eigenvalue weighted by Gasteiger charge is 2.58. The Balaban J connectivity index is 0.000000131. The molecule has 3 atom stereocenters. The molecule has 21 rings (SSSR count). The molecule has 5 saturated carbocycles. The molecule has 0 N–H and O–H groups in total. The Bertz CT molecular complexity index is 5630. The van der Waals surface area contributed by atoms with Gasteiger partial charge in [-0.1, -0.05) is 176 Å². The molecule has 10 aromatic carbocycles. The Morgan fingerprint density at radius 1 is 0.441 bits per heavy atom. The molecule has 0 radical (unpaired) electrons. The first-order valence-corrected chi connectivity index (χ1v) is 48.6. The Labute approximate surface area is 745 Å². The first-order valence-electron chi connectivity index (χ1n) is 43.3. The van der Waals surface area contributed by atoms with Gasteiger partial charge >= 0.3 is 34.4 Å². The molecule has 0 spiro atoms. The maximum Gasteiger partial charge on any atom is 0.428 e. The normalized spacial score (nSPS) is 22.6. The average Bonchev–Trinajstić information content (AvgIpc) is 0.725. The highest BCUT2D eigenvalue weighted by molar-refractivity contribution is 7.97. The van der Waals surface area contributed by atoms with E-state index in [1.165, 1.54) is 67.9 Å². The van der Waals surface area contributed by atoms with Crippen molar-refractivity contribution in [2.45, 2.75) is 206 Å². The predicted octanol–water partition coefficient (Wildman–Crippen LogP) is 21.2. The number of ether oxygens (including phenoxy) is 6. The molecular weight excluding hydrogens is 1700 g/mol. The van der Waals surface area contributed by atoms with Crippen LogP contribution in [0.3, 0.4) is 0 Å². The molecule has 25 heteroatoms. The minimum absolute atomic E-state index is 0.0104. The summed E-state index contributed by atoms with van der Waals surface area (Å²) < 4.78 is 164. The zero-order valence-corrected chi connectivity index (χ0v) is 74.8. The maximum absolute atomic E-state index is 13.6. The molecule has 11 aliphatic carbocycles. The van der Waals surface area contributed by atoms with Gasteiger partial charge in [0.15, 0.2) is 69.0 Å². The van der Waals surface area contributed by atoms with Crippen LogP contribution >= 0.6 is 0 Å². The Morgan fingerprint density at radius 2 is 0.795 bits per heavy atom. The number of alkyl halides is 5. The average molecular weight is 1810 g/mol. The first-order chi connectivity index (χ1) is 60.7. The van der Waals surface area contributed by atoms with E-state index in [0.29, 0.717) is 24.7 Å². The Hall–Kier alpha value is -10.2. The van der Waals surface area contributed by atoms with Gasteiger partial charge in [0.05, 0.1) is 40.9 Å². The second-order valence-electron chi connectivity index (χ2n) is 35.1. The molecule has 127 heavy (non-hydrogen) atoms. The monoisotopic (exact) mass is 1810 g/mol. The second-order valence-corrected chi connectivity index (χ2v) is 42.0. The van der Waals surface area contributed by atoms with E-state index >= 15 is 0 Å². The van der Waals surface area contributed by atoms with Gasteiger partial charge in [-0.3, -0.25) is 4.79 Å². The fraction of sp³-hybridized carbons (Fsp3) is 0.373. The number of esters is 4. The molecule has 11 aliphatic rings. The number of fused-ring (bicyclic) bond motifs is 2. The quantitative estimate of drug-likeness (QED) is 0.0180. The molecule has 0 aliphatic heterocycles. The topological polar surface area (TPSA) is 238 Å². The number of hydrogen-bond acceptors (Lipinski definition) is 16. The van der Waals surface area contributed by atoms with Gasteiger partial charge in [0.1, 0.15) is 22.7 Å². The van der Waals surface area contributed by atoms with Crippen LogP contribution in [0.4, 0.5) is 22.0 Å². The number of aryl methyl sites for hydroxylation is 4. The number of carbonyl (C=O) groups is 4. The van der Waals surface area contributed by atoms with Gasteiger partial charge < -0.3 is 37.5 Å². The third-order valence-electron chi connectivity index (χ3n) is 26.6. The lowest BCUT2D eigenvalue weighted by Gasteiger charge is -2.59. The maximum atomic E-state index is 13.6. The van der Waals surface area contributed by atoms with Crippen LogP contribution in [0.25, 0.3) is 0 Å². The van der Waals surface area contributed by atoms with Crippen LogP contribution in [0.1, 0.15) is 188 Å². The fourth-order valence-corrected chi connectivity index (χ4v) is 26.2. The first kappa shape index (κ1) is 91.6. The van der Waals surface area contributed by atoms with Crippen molar-refractivity contribution < 1.29 is 95.5 Å². The van der Waals surface area contributed by atoms with Crippen molar-refractivity contribution in [3.8, 4) is 11.5 Å². The lowest BCUT2D eigenvalue weighted by atomic mass is 9.50. The van der Waals surface area contributed by atoms with Crippen LogP contribution in [-0.2, 0) is 80.2 Å². The summed E-state index contributed by atoms with van der Waals surface area (Å²) in [6.45, 7) is 11.3.